The third-order valence-electron chi connectivity index (χ3n) is 4.22. The van der Waals surface area contributed by atoms with Crippen molar-refractivity contribution >= 4 is 11.7 Å². The first-order valence-electron chi connectivity index (χ1n) is 8.17. The highest BCUT2D eigenvalue weighted by molar-refractivity contribution is 5.94. The van der Waals surface area contributed by atoms with Crippen molar-refractivity contribution in [2.24, 2.45) is 0 Å². The van der Waals surface area contributed by atoms with Crippen LogP contribution in [0.4, 0.5) is 5.82 Å². The minimum Gasteiger partial charge on any atom is -0.368 e. The lowest BCUT2D eigenvalue weighted by atomic mass is 10.1. The molecule has 0 aromatic carbocycles. The van der Waals surface area contributed by atoms with E-state index >= 15 is 0 Å². The second kappa shape index (κ2) is 7.00. The maximum atomic E-state index is 12.5. The van der Waals surface area contributed by atoms with Crippen molar-refractivity contribution in [3.8, 4) is 0 Å². The predicted molar refractivity (Wildman–Crippen MR) is 91.0 cm³/mol. The van der Waals surface area contributed by atoms with Crippen LogP contribution in [-0.2, 0) is 11.3 Å². The normalized spacial score (nSPS) is 20.1. The fourth-order valence-electron chi connectivity index (χ4n) is 2.87. The molecule has 0 bridgehead atoms. The van der Waals surface area contributed by atoms with Gasteiger partial charge in [-0.15, -0.1) is 0 Å². The van der Waals surface area contributed by atoms with Crippen LogP contribution in [0.3, 0.4) is 0 Å². The monoisotopic (exact) mass is 329 g/mol. The minimum atomic E-state index is -0.210. The van der Waals surface area contributed by atoms with E-state index in [1.807, 2.05) is 35.8 Å². The number of hydrogen-bond acceptors (Lipinski definition) is 5. The van der Waals surface area contributed by atoms with E-state index in [0.29, 0.717) is 12.2 Å². The summed E-state index contributed by atoms with van der Waals surface area (Å²) in [5, 5.41) is 3.06. The lowest BCUT2D eigenvalue weighted by Gasteiger charge is -2.20. The standard InChI is InChI=1S/C17H23N5O2/c1-4-22-9-8-18-16(22)15-13(7-10-24-15)20-17(23)12-5-6-14(19-11-12)21(2)3/h5-6,8-9,11,13,15H,4,7,10H2,1-3H3,(H,20,23)/t13-,15-/m0/s1. The van der Waals surface area contributed by atoms with Gasteiger partial charge in [-0.25, -0.2) is 9.97 Å². The molecule has 24 heavy (non-hydrogen) atoms. The highest BCUT2D eigenvalue weighted by atomic mass is 16.5. The van der Waals surface area contributed by atoms with Gasteiger partial charge in [0, 0.05) is 45.8 Å². The van der Waals surface area contributed by atoms with Crippen LogP contribution in [0, 0.1) is 0 Å². The molecule has 0 saturated carbocycles. The van der Waals surface area contributed by atoms with Crippen LogP contribution in [0.5, 0.6) is 0 Å². The van der Waals surface area contributed by atoms with E-state index in [2.05, 4.69) is 22.2 Å². The van der Waals surface area contributed by atoms with Gasteiger partial charge < -0.3 is 19.5 Å². The van der Waals surface area contributed by atoms with E-state index in [0.717, 1.165) is 24.6 Å². The topological polar surface area (TPSA) is 72.3 Å². The summed E-state index contributed by atoms with van der Waals surface area (Å²) in [6.45, 7) is 3.50. The molecule has 2 aromatic rings. The van der Waals surface area contributed by atoms with Gasteiger partial charge in [-0.1, -0.05) is 0 Å². The Bertz CT molecular complexity index is 695. The van der Waals surface area contributed by atoms with Gasteiger partial charge in [-0.3, -0.25) is 4.79 Å². The van der Waals surface area contributed by atoms with Gasteiger partial charge >= 0.3 is 0 Å². The minimum absolute atomic E-state index is 0.0845. The van der Waals surface area contributed by atoms with E-state index in [4.69, 9.17) is 4.74 Å². The molecule has 0 aliphatic carbocycles. The third kappa shape index (κ3) is 3.26. The van der Waals surface area contributed by atoms with Crippen LogP contribution in [0.15, 0.2) is 30.7 Å². The fraction of sp³-hybridized carbons (Fsp3) is 0.471. The molecule has 128 valence electrons. The first-order valence-corrected chi connectivity index (χ1v) is 8.17. The number of ether oxygens (including phenoxy) is 1. The number of hydrogen-bond donors (Lipinski definition) is 1. The maximum absolute atomic E-state index is 12.5. The lowest BCUT2D eigenvalue weighted by molar-refractivity contribution is 0.0775. The molecular formula is C17H23N5O2. The zero-order chi connectivity index (χ0) is 17.1. The van der Waals surface area contributed by atoms with E-state index in [9.17, 15) is 4.79 Å². The summed E-state index contributed by atoms with van der Waals surface area (Å²) < 4.78 is 7.86. The number of amides is 1. The zero-order valence-electron chi connectivity index (χ0n) is 14.3. The van der Waals surface area contributed by atoms with Crippen LogP contribution in [0.1, 0.15) is 35.6 Å². The predicted octanol–water partition coefficient (Wildman–Crippen LogP) is 1.62. The van der Waals surface area contributed by atoms with Crippen molar-refractivity contribution in [1.29, 1.82) is 0 Å². The number of nitrogens with one attached hydrogen (secondary N) is 1. The molecule has 1 N–H and O–H groups in total. The van der Waals surface area contributed by atoms with Gasteiger partial charge in [-0.2, -0.15) is 0 Å². The molecule has 7 nitrogen and oxygen atoms in total. The molecule has 0 radical (unpaired) electrons. The molecule has 1 amide bonds. The van der Waals surface area contributed by atoms with Crippen LogP contribution < -0.4 is 10.2 Å². The molecule has 1 aliphatic rings. The van der Waals surface area contributed by atoms with Gasteiger partial charge in [0.05, 0.1) is 11.6 Å². The number of carbonyl (C=O) groups is 1. The molecule has 2 atom stereocenters. The molecule has 0 unspecified atom stereocenters. The van der Waals surface area contributed by atoms with Gasteiger partial charge in [0.1, 0.15) is 17.7 Å². The second-order valence-electron chi connectivity index (χ2n) is 6.03. The van der Waals surface area contributed by atoms with Gasteiger partial charge in [-0.05, 0) is 25.5 Å². The summed E-state index contributed by atoms with van der Waals surface area (Å²) in [7, 11) is 3.83. The molecule has 7 heteroatoms. The molecule has 1 saturated heterocycles. The van der Waals surface area contributed by atoms with Crippen LogP contribution in [0.25, 0.3) is 0 Å². The number of rotatable bonds is 5. The highest BCUT2D eigenvalue weighted by Gasteiger charge is 2.34. The van der Waals surface area contributed by atoms with Crippen molar-refractivity contribution < 1.29 is 9.53 Å². The Hall–Kier alpha value is -2.41. The van der Waals surface area contributed by atoms with E-state index in [1.165, 1.54) is 0 Å². The Morgan fingerprint density at radius 2 is 2.25 bits per heavy atom. The summed E-state index contributed by atoms with van der Waals surface area (Å²) in [5.74, 6) is 1.54. The molecule has 1 aliphatic heterocycles. The Morgan fingerprint density at radius 1 is 1.42 bits per heavy atom. The van der Waals surface area contributed by atoms with Gasteiger partial charge in [0.15, 0.2) is 0 Å². The first-order chi connectivity index (χ1) is 11.6. The van der Waals surface area contributed by atoms with Crippen molar-refractivity contribution in [3.05, 3.63) is 42.1 Å². The number of aromatic nitrogens is 3. The summed E-state index contributed by atoms with van der Waals surface area (Å²) in [5.41, 5.74) is 0.546. The zero-order valence-corrected chi connectivity index (χ0v) is 14.3. The largest absolute Gasteiger partial charge is 0.368 e. The molecule has 3 rings (SSSR count). The Labute approximate surface area is 141 Å². The summed E-state index contributed by atoms with van der Waals surface area (Å²) >= 11 is 0. The number of aryl methyl sites for hydroxylation is 1. The first kappa shape index (κ1) is 16.4. The molecule has 0 spiro atoms. The quantitative estimate of drug-likeness (QED) is 0.902. The van der Waals surface area contributed by atoms with Gasteiger partial charge in [0.25, 0.3) is 5.91 Å². The number of nitrogens with zero attached hydrogens (tertiary/aromatic N) is 4. The number of pyridine rings is 1. The van der Waals surface area contributed by atoms with Crippen molar-refractivity contribution in [1.82, 2.24) is 19.9 Å². The van der Waals surface area contributed by atoms with Gasteiger partial charge in [0.2, 0.25) is 0 Å². The Morgan fingerprint density at radius 3 is 2.92 bits per heavy atom. The lowest BCUT2D eigenvalue weighted by Crippen LogP contribution is -2.37. The van der Waals surface area contributed by atoms with Crippen LogP contribution in [-0.4, -0.2) is 47.2 Å². The van der Waals surface area contributed by atoms with Crippen LogP contribution in [0.2, 0.25) is 0 Å². The fourth-order valence-corrected chi connectivity index (χ4v) is 2.87. The maximum Gasteiger partial charge on any atom is 0.253 e. The number of anilines is 1. The van der Waals surface area contributed by atoms with Crippen molar-refractivity contribution in [2.45, 2.75) is 32.0 Å². The number of imidazole rings is 1. The summed E-state index contributed by atoms with van der Waals surface area (Å²) in [6.07, 6.45) is 5.86. The smallest absolute Gasteiger partial charge is 0.253 e. The molecule has 2 aromatic heterocycles. The third-order valence-corrected chi connectivity index (χ3v) is 4.22. The molecule has 1 fully saturated rings. The van der Waals surface area contributed by atoms with E-state index < -0.39 is 0 Å². The highest BCUT2D eigenvalue weighted by Crippen LogP contribution is 2.28. The SMILES string of the molecule is CCn1ccnc1[C@H]1OCC[C@@H]1NC(=O)c1ccc(N(C)C)nc1. The van der Waals surface area contributed by atoms with Crippen LogP contribution >= 0.6 is 0 Å². The molecular weight excluding hydrogens is 306 g/mol. The Kier molecular flexibility index (Phi) is 4.80. The summed E-state index contributed by atoms with van der Waals surface area (Å²) in [6, 6.07) is 3.54. The summed E-state index contributed by atoms with van der Waals surface area (Å²) in [4.78, 5) is 23.1. The van der Waals surface area contributed by atoms with Crippen molar-refractivity contribution in [2.75, 3.05) is 25.6 Å². The average molecular weight is 329 g/mol. The molecule has 3 heterocycles. The van der Waals surface area contributed by atoms with Crippen molar-refractivity contribution in [3.63, 3.8) is 0 Å². The van der Waals surface area contributed by atoms with E-state index in [1.54, 1.807) is 18.5 Å². The number of carbonyl (C=O) groups excluding carboxylic acids is 1. The average Bonchev–Trinajstić information content (AvgIpc) is 3.23. The van der Waals surface area contributed by atoms with E-state index in [-0.39, 0.29) is 18.1 Å². The second-order valence-corrected chi connectivity index (χ2v) is 6.03. The Balaban J connectivity index is 1.71.